The maximum atomic E-state index is 12.0. The standard InChI is InChI=1S/C16H21N3O2/c1-5-21-16(20)15-10-17-11-19(15)12(2)13-8-6-7-9-14(13)18(3)4/h6-12H,5H2,1-4H3/t12-/m1/s1. The number of nitrogens with zero attached hydrogens (tertiary/aromatic N) is 3. The first-order valence-electron chi connectivity index (χ1n) is 7.01. The van der Waals surface area contributed by atoms with Crippen molar-refractivity contribution in [3.05, 3.63) is 48.0 Å². The van der Waals surface area contributed by atoms with Crippen LogP contribution in [-0.2, 0) is 4.74 Å². The number of carbonyl (C=O) groups excluding carboxylic acids is 1. The molecule has 0 unspecified atom stereocenters. The van der Waals surface area contributed by atoms with Crippen molar-refractivity contribution in [2.24, 2.45) is 0 Å². The summed E-state index contributed by atoms with van der Waals surface area (Å²) < 4.78 is 6.93. The lowest BCUT2D eigenvalue weighted by Gasteiger charge is -2.23. The summed E-state index contributed by atoms with van der Waals surface area (Å²) in [5.74, 6) is -0.343. The van der Waals surface area contributed by atoms with Gasteiger partial charge in [-0.25, -0.2) is 9.78 Å². The second-order valence-corrected chi connectivity index (χ2v) is 5.04. The molecule has 112 valence electrons. The van der Waals surface area contributed by atoms with Crippen LogP contribution < -0.4 is 4.90 Å². The molecule has 0 aliphatic rings. The van der Waals surface area contributed by atoms with Crippen LogP contribution >= 0.6 is 0 Å². The van der Waals surface area contributed by atoms with Gasteiger partial charge in [-0.1, -0.05) is 18.2 Å². The molecule has 0 saturated heterocycles. The molecule has 1 aromatic carbocycles. The lowest BCUT2D eigenvalue weighted by molar-refractivity contribution is 0.0512. The van der Waals surface area contributed by atoms with Crippen molar-refractivity contribution in [1.29, 1.82) is 0 Å². The number of esters is 1. The second kappa shape index (κ2) is 6.43. The van der Waals surface area contributed by atoms with Crippen LogP contribution in [0, 0.1) is 0 Å². The molecule has 2 rings (SSSR count). The fourth-order valence-electron chi connectivity index (χ4n) is 2.37. The molecule has 0 aliphatic carbocycles. The van der Waals surface area contributed by atoms with Crippen molar-refractivity contribution < 1.29 is 9.53 Å². The van der Waals surface area contributed by atoms with E-state index in [1.54, 1.807) is 19.4 Å². The van der Waals surface area contributed by atoms with Crippen LogP contribution in [0.2, 0.25) is 0 Å². The van der Waals surface area contributed by atoms with E-state index in [0.717, 1.165) is 11.3 Å². The van der Waals surface area contributed by atoms with E-state index in [0.29, 0.717) is 12.3 Å². The molecule has 1 heterocycles. The predicted molar refractivity (Wildman–Crippen MR) is 82.8 cm³/mol. The minimum Gasteiger partial charge on any atom is -0.461 e. The minimum absolute atomic E-state index is 0.00879. The maximum absolute atomic E-state index is 12.0. The van der Waals surface area contributed by atoms with Gasteiger partial charge in [-0.2, -0.15) is 0 Å². The molecule has 5 nitrogen and oxygen atoms in total. The van der Waals surface area contributed by atoms with Crippen molar-refractivity contribution >= 4 is 11.7 Å². The number of hydrogen-bond donors (Lipinski definition) is 0. The maximum Gasteiger partial charge on any atom is 0.356 e. The number of para-hydroxylation sites is 1. The van der Waals surface area contributed by atoms with Gasteiger partial charge in [0.1, 0.15) is 5.69 Å². The Balaban J connectivity index is 2.40. The number of imidazole rings is 1. The third kappa shape index (κ3) is 3.07. The summed E-state index contributed by atoms with van der Waals surface area (Å²) in [5.41, 5.74) is 2.72. The minimum atomic E-state index is -0.343. The average Bonchev–Trinajstić information content (AvgIpc) is 2.96. The van der Waals surface area contributed by atoms with Crippen molar-refractivity contribution in [3.63, 3.8) is 0 Å². The summed E-state index contributed by atoms with van der Waals surface area (Å²) in [5, 5.41) is 0. The van der Waals surface area contributed by atoms with E-state index in [9.17, 15) is 4.79 Å². The zero-order valence-corrected chi connectivity index (χ0v) is 12.9. The van der Waals surface area contributed by atoms with E-state index >= 15 is 0 Å². The highest BCUT2D eigenvalue weighted by Crippen LogP contribution is 2.28. The van der Waals surface area contributed by atoms with Gasteiger partial charge in [0.25, 0.3) is 0 Å². The van der Waals surface area contributed by atoms with Crippen molar-refractivity contribution in [3.8, 4) is 0 Å². The Morgan fingerprint density at radius 2 is 2.10 bits per heavy atom. The summed E-state index contributed by atoms with van der Waals surface area (Å²) in [6.07, 6.45) is 3.22. The quantitative estimate of drug-likeness (QED) is 0.793. The Morgan fingerprint density at radius 3 is 2.76 bits per heavy atom. The second-order valence-electron chi connectivity index (χ2n) is 5.04. The summed E-state index contributed by atoms with van der Waals surface area (Å²) in [7, 11) is 4.01. The van der Waals surface area contributed by atoms with Crippen molar-refractivity contribution in [1.82, 2.24) is 9.55 Å². The van der Waals surface area contributed by atoms with Gasteiger partial charge >= 0.3 is 5.97 Å². The van der Waals surface area contributed by atoms with Gasteiger partial charge in [0.15, 0.2) is 0 Å². The van der Waals surface area contributed by atoms with E-state index in [1.807, 2.05) is 37.7 Å². The van der Waals surface area contributed by atoms with E-state index in [2.05, 4.69) is 22.0 Å². The normalized spacial score (nSPS) is 12.0. The number of carbonyl (C=O) groups is 1. The number of aromatic nitrogens is 2. The van der Waals surface area contributed by atoms with Crippen LogP contribution in [0.5, 0.6) is 0 Å². The molecule has 1 aromatic heterocycles. The Morgan fingerprint density at radius 1 is 1.38 bits per heavy atom. The molecule has 0 bridgehead atoms. The first-order chi connectivity index (χ1) is 10.1. The van der Waals surface area contributed by atoms with Crippen LogP contribution in [-0.4, -0.2) is 36.2 Å². The highest BCUT2D eigenvalue weighted by Gasteiger charge is 2.20. The lowest BCUT2D eigenvalue weighted by Crippen LogP contribution is -2.18. The first-order valence-corrected chi connectivity index (χ1v) is 7.01. The van der Waals surface area contributed by atoms with E-state index in [1.165, 1.54) is 0 Å². The largest absolute Gasteiger partial charge is 0.461 e. The van der Waals surface area contributed by atoms with E-state index in [-0.39, 0.29) is 12.0 Å². The van der Waals surface area contributed by atoms with E-state index in [4.69, 9.17) is 4.74 Å². The molecule has 0 N–H and O–H groups in total. The Bertz CT molecular complexity index is 619. The molecule has 0 radical (unpaired) electrons. The fraction of sp³-hybridized carbons (Fsp3) is 0.375. The van der Waals surface area contributed by atoms with E-state index < -0.39 is 0 Å². The number of rotatable bonds is 5. The molecular weight excluding hydrogens is 266 g/mol. The smallest absolute Gasteiger partial charge is 0.356 e. The molecule has 5 heteroatoms. The molecule has 0 amide bonds. The lowest BCUT2D eigenvalue weighted by atomic mass is 10.1. The average molecular weight is 287 g/mol. The molecule has 0 fully saturated rings. The van der Waals surface area contributed by atoms with Crippen LogP contribution in [0.4, 0.5) is 5.69 Å². The van der Waals surface area contributed by atoms with Crippen molar-refractivity contribution in [2.45, 2.75) is 19.9 Å². The number of hydrogen-bond acceptors (Lipinski definition) is 4. The number of ether oxygens (including phenoxy) is 1. The Kier molecular flexibility index (Phi) is 4.62. The molecule has 2 aromatic rings. The highest BCUT2D eigenvalue weighted by molar-refractivity contribution is 5.87. The highest BCUT2D eigenvalue weighted by atomic mass is 16.5. The van der Waals surface area contributed by atoms with Gasteiger partial charge in [-0.3, -0.25) is 0 Å². The molecule has 0 saturated carbocycles. The zero-order chi connectivity index (χ0) is 15.4. The summed E-state index contributed by atoms with van der Waals surface area (Å²) >= 11 is 0. The molecule has 21 heavy (non-hydrogen) atoms. The van der Waals surface area contributed by atoms with Crippen LogP contribution in [0.3, 0.4) is 0 Å². The first kappa shape index (κ1) is 15.1. The summed E-state index contributed by atoms with van der Waals surface area (Å²) in [6.45, 7) is 4.20. The van der Waals surface area contributed by atoms with Gasteiger partial charge in [-0.05, 0) is 25.5 Å². The zero-order valence-electron chi connectivity index (χ0n) is 12.9. The van der Waals surface area contributed by atoms with Crippen molar-refractivity contribution in [2.75, 3.05) is 25.6 Å². The van der Waals surface area contributed by atoms with Gasteiger partial charge < -0.3 is 14.2 Å². The van der Waals surface area contributed by atoms with Gasteiger partial charge in [0, 0.05) is 19.8 Å². The summed E-state index contributed by atoms with van der Waals surface area (Å²) in [6, 6.07) is 8.12. The molecular formula is C16H21N3O2. The van der Waals surface area contributed by atoms with Gasteiger partial charge in [0.2, 0.25) is 0 Å². The van der Waals surface area contributed by atoms with Gasteiger partial charge in [0.05, 0.1) is 25.2 Å². The Hall–Kier alpha value is -2.30. The van der Waals surface area contributed by atoms with Crippen LogP contribution in [0.1, 0.15) is 35.9 Å². The number of anilines is 1. The van der Waals surface area contributed by atoms with Crippen LogP contribution in [0.15, 0.2) is 36.8 Å². The third-order valence-electron chi connectivity index (χ3n) is 3.44. The van der Waals surface area contributed by atoms with Gasteiger partial charge in [-0.15, -0.1) is 0 Å². The number of benzene rings is 1. The molecule has 1 atom stereocenters. The molecule has 0 aliphatic heterocycles. The SMILES string of the molecule is CCOC(=O)c1cncn1[C@H](C)c1ccccc1N(C)C. The fourth-order valence-corrected chi connectivity index (χ4v) is 2.37. The monoisotopic (exact) mass is 287 g/mol. The van der Waals surface area contributed by atoms with Crippen LogP contribution in [0.25, 0.3) is 0 Å². The molecule has 0 spiro atoms. The third-order valence-corrected chi connectivity index (χ3v) is 3.44. The predicted octanol–water partition coefficient (Wildman–Crippen LogP) is 2.74. The summed E-state index contributed by atoms with van der Waals surface area (Å²) in [4.78, 5) is 18.1. The Labute approximate surface area is 125 Å². The topological polar surface area (TPSA) is 47.4 Å².